The second-order valence-corrected chi connectivity index (χ2v) is 5.67. The largest absolute Gasteiger partial charge is 0.489 e. The van der Waals surface area contributed by atoms with Gasteiger partial charge in [0.25, 0.3) is 0 Å². The highest BCUT2D eigenvalue weighted by molar-refractivity contribution is 5.47. The molecule has 19 heavy (non-hydrogen) atoms. The smallest absolute Gasteiger partial charge is 0.119 e. The van der Waals surface area contributed by atoms with Gasteiger partial charge in [-0.2, -0.15) is 0 Å². The van der Waals surface area contributed by atoms with Crippen molar-refractivity contribution in [2.45, 2.75) is 32.9 Å². The molecule has 1 N–H and O–H groups in total. The summed E-state index contributed by atoms with van der Waals surface area (Å²) in [6.07, 6.45) is 0. The quantitative estimate of drug-likeness (QED) is 0.870. The zero-order chi connectivity index (χ0) is 13.7. The third-order valence-electron chi connectivity index (χ3n) is 2.62. The molecule has 2 nitrogen and oxygen atoms in total. The Balaban J connectivity index is 1.92. The van der Waals surface area contributed by atoms with Crippen molar-refractivity contribution in [1.82, 2.24) is 0 Å². The van der Waals surface area contributed by atoms with Crippen molar-refractivity contribution < 1.29 is 4.74 Å². The first-order valence-electron chi connectivity index (χ1n) is 6.58. The minimum atomic E-state index is 0.0758. The zero-order valence-corrected chi connectivity index (χ0v) is 11.8. The van der Waals surface area contributed by atoms with Crippen LogP contribution < -0.4 is 10.1 Å². The summed E-state index contributed by atoms with van der Waals surface area (Å²) >= 11 is 0. The van der Waals surface area contributed by atoms with Crippen molar-refractivity contribution in [3.05, 3.63) is 60.2 Å². The van der Waals surface area contributed by atoms with Gasteiger partial charge in [-0.1, -0.05) is 30.3 Å². The van der Waals surface area contributed by atoms with Crippen LogP contribution in [0.1, 0.15) is 26.3 Å². The van der Waals surface area contributed by atoms with Crippen LogP contribution in [0.5, 0.6) is 5.75 Å². The molecule has 0 saturated carbocycles. The predicted molar refractivity (Wildman–Crippen MR) is 80.6 cm³/mol. The molecule has 0 saturated heterocycles. The predicted octanol–water partition coefficient (Wildman–Crippen LogP) is 4.48. The van der Waals surface area contributed by atoms with E-state index in [-0.39, 0.29) is 5.54 Å². The van der Waals surface area contributed by atoms with Crippen LogP contribution in [-0.4, -0.2) is 5.54 Å². The third-order valence-corrected chi connectivity index (χ3v) is 2.62. The van der Waals surface area contributed by atoms with Crippen LogP contribution in [0.2, 0.25) is 0 Å². The van der Waals surface area contributed by atoms with E-state index in [1.165, 1.54) is 5.56 Å². The average Bonchev–Trinajstić information content (AvgIpc) is 2.37. The normalized spacial score (nSPS) is 11.1. The van der Waals surface area contributed by atoms with Crippen LogP contribution in [0, 0.1) is 0 Å². The Morgan fingerprint density at radius 2 is 1.53 bits per heavy atom. The molecule has 0 amide bonds. The summed E-state index contributed by atoms with van der Waals surface area (Å²) in [5.74, 6) is 0.892. The molecule has 2 heteroatoms. The Morgan fingerprint density at radius 3 is 2.11 bits per heavy atom. The van der Waals surface area contributed by atoms with Crippen LogP contribution >= 0.6 is 0 Å². The monoisotopic (exact) mass is 255 g/mol. The van der Waals surface area contributed by atoms with Gasteiger partial charge in [-0.05, 0) is 50.6 Å². The standard InChI is InChI=1S/C17H21NO/c1-17(2,3)18-15-9-11-16(12-10-15)19-13-14-7-5-4-6-8-14/h4-12,18H,13H2,1-3H3. The molecule has 0 aliphatic carbocycles. The first-order chi connectivity index (χ1) is 9.03. The lowest BCUT2D eigenvalue weighted by atomic mass is 10.1. The molecule has 0 aliphatic heterocycles. The summed E-state index contributed by atoms with van der Waals surface area (Å²) in [7, 11) is 0. The molecule has 0 unspecified atom stereocenters. The molecular weight excluding hydrogens is 234 g/mol. The van der Waals surface area contributed by atoms with E-state index < -0.39 is 0 Å². The fraction of sp³-hybridized carbons (Fsp3) is 0.294. The van der Waals surface area contributed by atoms with E-state index in [1.807, 2.05) is 42.5 Å². The van der Waals surface area contributed by atoms with Crippen LogP contribution in [0.4, 0.5) is 5.69 Å². The van der Waals surface area contributed by atoms with E-state index in [0.29, 0.717) is 6.61 Å². The highest BCUT2D eigenvalue weighted by Crippen LogP contribution is 2.19. The minimum Gasteiger partial charge on any atom is -0.489 e. The first kappa shape index (κ1) is 13.5. The average molecular weight is 255 g/mol. The summed E-state index contributed by atoms with van der Waals surface area (Å²) in [5, 5.41) is 3.43. The molecule has 0 aliphatic rings. The Kier molecular flexibility index (Phi) is 4.10. The molecule has 0 spiro atoms. The molecule has 2 rings (SSSR count). The maximum atomic E-state index is 5.75. The van der Waals surface area contributed by atoms with E-state index >= 15 is 0 Å². The van der Waals surface area contributed by atoms with Gasteiger partial charge in [-0.25, -0.2) is 0 Å². The summed E-state index contributed by atoms with van der Waals surface area (Å²) in [6, 6.07) is 18.3. The van der Waals surface area contributed by atoms with Crippen molar-refractivity contribution in [1.29, 1.82) is 0 Å². The highest BCUT2D eigenvalue weighted by Gasteiger charge is 2.08. The van der Waals surface area contributed by atoms with E-state index in [0.717, 1.165) is 11.4 Å². The van der Waals surface area contributed by atoms with Crippen molar-refractivity contribution in [3.8, 4) is 5.75 Å². The van der Waals surface area contributed by atoms with E-state index in [2.05, 4.69) is 38.2 Å². The van der Waals surface area contributed by atoms with E-state index in [1.54, 1.807) is 0 Å². The number of nitrogens with one attached hydrogen (secondary N) is 1. The fourth-order valence-electron chi connectivity index (χ4n) is 1.81. The second kappa shape index (κ2) is 5.79. The van der Waals surface area contributed by atoms with Crippen molar-refractivity contribution in [2.75, 3.05) is 5.32 Å². The van der Waals surface area contributed by atoms with Crippen LogP contribution in [0.25, 0.3) is 0 Å². The molecule has 0 bridgehead atoms. The van der Waals surface area contributed by atoms with Gasteiger partial charge < -0.3 is 10.1 Å². The zero-order valence-electron chi connectivity index (χ0n) is 11.8. The molecule has 100 valence electrons. The minimum absolute atomic E-state index is 0.0758. The van der Waals surface area contributed by atoms with Crippen molar-refractivity contribution in [2.24, 2.45) is 0 Å². The van der Waals surface area contributed by atoms with Crippen LogP contribution in [0.15, 0.2) is 54.6 Å². The lowest BCUT2D eigenvalue weighted by Crippen LogP contribution is -2.25. The summed E-state index contributed by atoms with van der Waals surface area (Å²) < 4.78 is 5.75. The van der Waals surface area contributed by atoms with E-state index in [4.69, 9.17) is 4.74 Å². The van der Waals surface area contributed by atoms with Gasteiger partial charge >= 0.3 is 0 Å². The van der Waals surface area contributed by atoms with Gasteiger partial charge in [0.1, 0.15) is 12.4 Å². The third kappa shape index (κ3) is 4.66. The van der Waals surface area contributed by atoms with Gasteiger partial charge in [0, 0.05) is 11.2 Å². The Hall–Kier alpha value is -1.96. The maximum absolute atomic E-state index is 5.75. The Labute approximate surface area is 115 Å². The van der Waals surface area contributed by atoms with Gasteiger partial charge in [0.2, 0.25) is 0 Å². The molecule has 2 aromatic carbocycles. The lowest BCUT2D eigenvalue weighted by molar-refractivity contribution is 0.306. The number of hydrogen-bond acceptors (Lipinski definition) is 2. The van der Waals surface area contributed by atoms with Gasteiger partial charge in [0.05, 0.1) is 0 Å². The fourth-order valence-corrected chi connectivity index (χ4v) is 1.81. The summed E-state index contributed by atoms with van der Waals surface area (Å²) in [6.45, 7) is 7.04. The highest BCUT2D eigenvalue weighted by atomic mass is 16.5. The molecule has 0 aromatic heterocycles. The molecule has 0 radical (unpaired) electrons. The number of ether oxygens (including phenoxy) is 1. The van der Waals surface area contributed by atoms with Crippen LogP contribution in [-0.2, 0) is 6.61 Å². The van der Waals surface area contributed by atoms with Crippen molar-refractivity contribution >= 4 is 5.69 Å². The topological polar surface area (TPSA) is 21.3 Å². The maximum Gasteiger partial charge on any atom is 0.119 e. The number of hydrogen-bond donors (Lipinski definition) is 1. The molecule has 0 atom stereocenters. The number of anilines is 1. The molecule has 0 fully saturated rings. The van der Waals surface area contributed by atoms with Gasteiger partial charge in [0.15, 0.2) is 0 Å². The molecular formula is C17H21NO. The lowest BCUT2D eigenvalue weighted by Gasteiger charge is -2.22. The van der Waals surface area contributed by atoms with E-state index in [9.17, 15) is 0 Å². The van der Waals surface area contributed by atoms with Crippen LogP contribution in [0.3, 0.4) is 0 Å². The van der Waals surface area contributed by atoms with Gasteiger partial charge in [-0.3, -0.25) is 0 Å². The molecule has 2 aromatic rings. The number of rotatable bonds is 4. The Bertz CT molecular complexity index is 497. The Morgan fingerprint density at radius 1 is 0.895 bits per heavy atom. The van der Waals surface area contributed by atoms with Crippen molar-refractivity contribution in [3.63, 3.8) is 0 Å². The summed E-state index contributed by atoms with van der Waals surface area (Å²) in [5.41, 5.74) is 2.37. The number of benzene rings is 2. The second-order valence-electron chi connectivity index (χ2n) is 5.67. The van der Waals surface area contributed by atoms with Gasteiger partial charge in [-0.15, -0.1) is 0 Å². The summed E-state index contributed by atoms with van der Waals surface area (Å²) in [4.78, 5) is 0. The SMILES string of the molecule is CC(C)(C)Nc1ccc(OCc2ccccc2)cc1. The first-order valence-corrected chi connectivity index (χ1v) is 6.58. The molecule has 0 heterocycles.